The van der Waals surface area contributed by atoms with Gasteiger partial charge >= 0.3 is 23.9 Å². The van der Waals surface area contributed by atoms with Crippen LogP contribution in [-0.2, 0) is 62.3 Å². The monoisotopic (exact) mass is 1970 g/mol. The number of hydrogen-bond donors (Lipinski definition) is 1. The maximum absolute atomic E-state index is 13.5. The molecule has 17 atom stereocenters. The highest BCUT2D eigenvalue weighted by molar-refractivity contribution is 6.22. The minimum absolute atomic E-state index is 0.000268. The molecule has 0 aromatic heterocycles. The van der Waals surface area contributed by atoms with E-state index >= 15 is 0 Å². The lowest BCUT2D eigenvalue weighted by molar-refractivity contribution is -0.337. The Bertz CT molecular complexity index is 4970. The maximum Gasteiger partial charge on any atom is 0.335 e. The van der Waals surface area contributed by atoms with E-state index < -0.39 is 23.0 Å². The molecule has 17 unspecified atom stereocenters. The predicted molar refractivity (Wildman–Crippen MR) is 564 cm³/mol. The highest BCUT2D eigenvalue weighted by Gasteiger charge is 2.63. The number of piperidine rings is 5. The molecule has 2 amide bonds. The molecule has 6 aromatic carbocycles. The first kappa shape index (κ1) is 119. The number of imide groups is 1. The van der Waals surface area contributed by atoms with E-state index in [1.165, 1.54) is 52.3 Å². The minimum Gasteiger partial charge on any atom is -0.478 e. The Balaban J connectivity index is 0.000000219. The summed E-state index contributed by atoms with van der Waals surface area (Å²) in [5.41, 5.74) is 3.65. The fourth-order valence-electron chi connectivity index (χ4n) is 24.5. The largest absolute Gasteiger partial charge is 0.478 e. The molecular weight excluding hydrogens is 1790 g/mol. The summed E-state index contributed by atoms with van der Waals surface area (Å²) >= 11 is 0. The number of carboxylic acids is 1. The van der Waals surface area contributed by atoms with Crippen LogP contribution in [0.5, 0.6) is 0 Å². The van der Waals surface area contributed by atoms with Crippen molar-refractivity contribution in [2.75, 3.05) is 0 Å². The van der Waals surface area contributed by atoms with Gasteiger partial charge in [-0.25, -0.2) is 4.79 Å². The zero-order valence-corrected chi connectivity index (χ0v) is 92.8. The Morgan fingerprint density at radius 1 is 0.366 bits per heavy atom. The van der Waals surface area contributed by atoms with Gasteiger partial charge in [0.05, 0.1) is 38.8 Å². The van der Waals surface area contributed by atoms with Gasteiger partial charge in [-0.15, -0.1) is 0 Å². The Hall–Kier alpha value is -8.59. The van der Waals surface area contributed by atoms with E-state index in [0.29, 0.717) is 25.7 Å². The second kappa shape index (κ2) is 50.7. The third kappa shape index (κ3) is 26.0. The van der Waals surface area contributed by atoms with Crippen molar-refractivity contribution < 1.29 is 81.8 Å². The van der Waals surface area contributed by atoms with E-state index in [2.05, 4.69) is 299 Å². The summed E-state index contributed by atoms with van der Waals surface area (Å²) in [5, 5.41) is 20.4. The average molecular weight is 1970 g/mol. The number of esters is 3. The molecule has 23 nitrogen and oxygen atoms in total. The molecule has 0 saturated carbocycles. The number of rotatable bonds is 35. The lowest BCUT2D eigenvalue weighted by atomic mass is 9.68. The van der Waals surface area contributed by atoms with Gasteiger partial charge in [-0.1, -0.05) is 269 Å². The molecule has 12 rings (SSSR count). The number of hydrogen-bond acceptors (Lipinski definition) is 21. The molecule has 5 fully saturated rings. The first-order chi connectivity index (χ1) is 66.9. The third-order valence-electron chi connectivity index (χ3n) is 33.8. The van der Waals surface area contributed by atoms with E-state index in [1.54, 1.807) is 0 Å². The number of ether oxygens (including phenoxy) is 4. The number of carbonyl (C=O) groups is 7. The first-order valence-corrected chi connectivity index (χ1v) is 53.4. The van der Waals surface area contributed by atoms with Crippen molar-refractivity contribution in [1.82, 2.24) is 30.2 Å². The lowest BCUT2D eigenvalue weighted by Crippen LogP contribution is -2.70. The van der Waals surface area contributed by atoms with Crippen LogP contribution in [0.3, 0.4) is 0 Å². The van der Waals surface area contributed by atoms with Crippen molar-refractivity contribution in [3.63, 3.8) is 0 Å². The summed E-state index contributed by atoms with van der Waals surface area (Å²) in [6, 6.07) is 55.2. The molecule has 0 spiro atoms. The van der Waals surface area contributed by atoms with Crippen molar-refractivity contribution in [3.05, 3.63) is 214 Å². The number of hydroxylamine groups is 10. The van der Waals surface area contributed by atoms with Gasteiger partial charge in [0.1, 0.15) is 54.9 Å². The summed E-state index contributed by atoms with van der Waals surface area (Å²) in [7, 11) is 0. The fourth-order valence-corrected chi connectivity index (χ4v) is 24.5. The zero-order valence-electron chi connectivity index (χ0n) is 92.8. The molecule has 6 aromatic rings. The van der Waals surface area contributed by atoms with Gasteiger partial charge in [0.15, 0.2) is 0 Å². The number of amides is 2. The van der Waals surface area contributed by atoms with E-state index in [0.717, 1.165) is 102 Å². The quantitative estimate of drug-likeness (QED) is 0.0168. The number of carbonyl (C=O) groups excluding carboxylic acids is 6. The van der Waals surface area contributed by atoms with E-state index in [-0.39, 0.29) is 175 Å². The van der Waals surface area contributed by atoms with Crippen molar-refractivity contribution in [1.29, 1.82) is 0 Å². The number of aromatic carboxylic acids is 1. The molecule has 6 aliphatic rings. The summed E-state index contributed by atoms with van der Waals surface area (Å²) in [6.07, 6.45) is 13.7. The molecule has 5 saturated heterocycles. The average Bonchev–Trinajstić information content (AvgIpc) is 1.72. The zero-order chi connectivity index (χ0) is 106. The highest BCUT2D eigenvalue weighted by atomic mass is 16.7. The molecule has 6 aliphatic heterocycles. The molecule has 1 N–H and O–H groups in total. The Labute approximate surface area is 853 Å². The second-order valence-electron chi connectivity index (χ2n) is 44.0. The number of carboxylic acid groups (broad SMARTS) is 1. The van der Waals surface area contributed by atoms with Crippen LogP contribution in [0.1, 0.15) is 433 Å². The van der Waals surface area contributed by atoms with E-state index in [4.69, 9.17) is 43.1 Å². The van der Waals surface area contributed by atoms with Crippen LogP contribution in [0.15, 0.2) is 170 Å². The lowest BCUT2D eigenvalue weighted by Gasteiger charge is -2.60. The molecule has 0 radical (unpaired) electrons. The van der Waals surface area contributed by atoms with Crippen molar-refractivity contribution in [2.24, 2.45) is 29.6 Å². The van der Waals surface area contributed by atoms with Gasteiger partial charge in [-0.3, -0.25) is 57.9 Å². The van der Waals surface area contributed by atoms with Gasteiger partial charge in [0.2, 0.25) is 0 Å². The topological polar surface area (TPSA) is 242 Å². The van der Waals surface area contributed by atoms with Crippen LogP contribution in [0.4, 0.5) is 0 Å². The summed E-state index contributed by atoms with van der Waals surface area (Å²) in [5.74, 6) is -1.61. The Morgan fingerprint density at radius 3 is 0.930 bits per heavy atom. The molecule has 23 heteroatoms. The number of nitrogens with zero attached hydrogens (tertiary/aromatic N) is 6. The molecule has 0 bridgehead atoms. The molecule has 6 heterocycles. The summed E-state index contributed by atoms with van der Waals surface area (Å²) in [6.45, 7) is 71.0. The molecule has 0 aliphatic carbocycles. The normalized spacial score (nSPS) is 26.8. The van der Waals surface area contributed by atoms with Crippen molar-refractivity contribution in [2.45, 2.75) is 460 Å². The first-order valence-electron chi connectivity index (χ1n) is 53.4. The third-order valence-corrected chi connectivity index (χ3v) is 33.8. The van der Waals surface area contributed by atoms with Gasteiger partial charge in [0, 0.05) is 108 Å². The van der Waals surface area contributed by atoms with Crippen LogP contribution >= 0.6 is 0 Å². The SMILES string of the molecule is CCC(=O)OC1CC(C)(C)N(OC(C)c2ccccc2)C(CC)(CC)C1C.CCC1(C)CC(N2C(=O)c3ccc(C(=O)O)cc3C2=O)C(C)C(C)(CC)N1OC(C)c1ccccc1.CCC1(CC)C(C)C(OC(C)=O)CC(C)(C)N1OC(C)c1ccccc1.CCC1(CC)C(C)C(OC=O)CC(C)(C)N1OC(C)c1ccccc1.CCCC(=O)OC1CC(C)(C)N(OC(C)c2ccccc2)C(CC)(CC)C1C. The second-order valence-corrected chi connectivity index (χ2v) is 44.0. The van der Waals surface area contributed by atoms with Crippen LogP contribution < -0.4 is 0 Å². The predicted octanol–water partition coefficient (Wildman–Crippen LogP) is 27.7. The number of benzene rings is 6. The van der Waals surface area contributed by atoms with E-state index in [9.17, 15) is 38.7 Å². The highest BCUT2D eigenvalue weighted by Crippen LogP contribution is 2.56. The smallest absolute Gasteiger partial charge is 0.335 e. The maximum atomic E-state index is 13.5. The van der Waals surface area contributed by atoms with Gasteiger partial charge < -0.3 is 24.1 Å². The van der Waals surface area contributed by atoms with Gasteiger partial charge in [0.25, 0.3) is 18.3 Å². The summed E-state index contributed by atoms with van der Waals surface area (Å²) < 4.78 is 23.0. The van der Waals surface area contributed by atoms with Crippen LogP contribution in [-0.4, -0.2) is 163 Å². The van der Waals surface area contributed by atoms with Crippen LogP contribution in [0.25, 0.3) is 0 Å². The Morgan fingerprint density at radius 2 is 0.655 bits per heavy atom. The fraction of sp³-hybridized carbons (Fsp3) is 0.639. The summed E-state index contributed by atoms with van der Waals surface area (Å²) in [4.78, 5) is 120. The van der Waals surface area contributed by atoms with E-state index in [1.807, 2.05) is 99.6 Å². The van der Waals surface area contributed by atoms with Crippen molar-refractivity contribution >= 4 is 42.2 Å². The number of fused-ring (bicyclic) bond motifs is 1. The van der Waals surface area contributed by atoms with Crippen molar-refractivity contribution in [3.8, 4) is 0 Å². The standard InChI is InChI=1S/C29H36N2O5.C24H39NO3.C23H37NO3.C22H35NO3.C21H33NO3/c1-7-28(5)17-24(30-25(32)22-15-14-21(27(34)35)16-23(22)26(30)33)18(3)29(6,8-2)31(28)36-19(4)20-12-10-9-11-13-20;1-8-14-22(26)27-21-17-23(6,7)25(24(9-2,10-3)18(21)4)28-19(5)20-15-12-11-13-16-20;1-8-21(25)26-20-16-22(6,7)24(23(9-2,10-3)17(20)4)27-18(5)19-14-12-11-13-15-19;1-8-22(9-2)16(3)20(25-18(5)24)15-21(6,7)23(22)26-17(4)19-13-11-10-12-14-19;1-7-21(8-2)16(3)19(24-15-23)14-20(5,6)22(21)25-17(4)18-12-10-9-11-13-18/h9-16,18-19,24H,7-8,17H2,1-6H3,(H,34,35);11-13,15-16,18-19,21H,8-10,14,17H2,1-7H3;11-15,17-18,20H,8-10,16H2,1-7H3;10-14,16-17,20H,8-9,15H2,1-7H3;9-13,15-17,19H,7-8,14H2,1-6H3. The minimum atomic E-state index is -1.13. The van der Waals surface area contributed by atoms with Crippen LogP contribution in [0, 0.1) is 29.6 Å². The molecular formula is C119H180N6O17. The molecule has 142 heavy (non-hydrogen) atoms. The van der Waals surface area contributed by atoms with Crippen LogP contribution in [0.2, 0.25) is 0 Å². The van der Waals surface area contributed by atoms with Gasteiger partial charge in [-0.2, -0.15) is 25.3 Å². The van der Waals surface area contributed by atoms with Gasteiger partial charge in [-0.05, 0) is 233 Å². The molecule has 788 valence electrons. The Kier molecular flexibility index (Phi) is 42.3.